The van der Waals surface area contributed by atoms with Crippen molar-refractivity contribution in [3.63, 3.8) is 0 Å². The summed E-state index contributed by atoms with van der Waals surface area (Å²) in [4.78, 5) is 11.6. The summed E-state index contributed by atoms with van der Waals surface area (Å²) in [5.41, 5.74) is 6.44. The molecule has 0 aliphatic heterocycles. The van der Waals surface area contributed by atoms with Crippen LogP contribution < -0.4 is 10.5 Å². The summed E-state index contributed by atoms with van der Waals surface area (Å²) in [6, 6.07) is 4.03. The number of hydrogen-bond acceptors (Lipinski definition) is 5. The van der Waals surface area contributed by atoms with Gasteiger partial charge in [0, 0.05) is 12.6 Å². The van der Waals surface area contributed by atoms with Crippen molar-refractivity contribution in [1.82, 2.24) is 4.72 Å². The van der Waals surface area contributed by atoms with Gasteiger partial charge in [-0.3, -0.25) is 0 Å². The Kier molecular flexibility index (Phi) is 8.76. The van der Waals surface area contributed by atoms with Gasteiger partial charge in [-0.1, -0.05) is 13.8 Å². The molecule has 0 radical (unpaired) electrons. The second-order valence-corrected chi connectivity index (χ2v) is 7.34. The highest BCUT2D eigenvalue weighted by atomic mass is 35.5. The molecule has 0 aliphatic carbocycles. The molecular weight excluding hydrogens is 340 g/mol. The number of benzene rings is 1. The maximum absolute atomic E-state index is 12.5. The van der Waals surface area contributed by atoms with Crippen LogP contribution in [0.4, 0.5) is 0 Å². The van der Waals surface area contributed by atoms with E-state index < -0.39 is 16.0 Å². The topological polar surface area (TPSA) is 98.5 Å². The quantitative estimate of drug-likeness (QED) is 0.719. The van der Waals surface area contributed by atoms with Crippen LogP contribution in [0.5, 0.6) is 0 Å². The first-order valence-electron chi connectivity index (χ1n) is 7.12. The van der Waals surface area contributed by atoms with Gasteiger partial charge in [0.2, 0.25) is 10.0 Å². The first-order valence-corrected chi connectivity index (χ1v) is 8.61. The molecule has 0 aromatic heterocycles. The molecule has 0 saturated carbocycles. The fourth-order valence-corrected chi connectivity index (χ4v) is 3.73. The maximum atomic E-state index is 12.5. The largest absolute Gasteiger partial charge is 0.465 e. The molecule has 1 aromatic carbocycles. The van der Waals surface area contributed by atoms with Gasteiger partial charge in [-0.15, -0.1) is 12.4 Å². The molecule has 3 N–H and O–H groups in total. The minimum absolute atomic E-state index is 0. The van der Waals surface area contributed by atoms with Crippen molar-refractivity contribution in [3.8, 4) is 0 Å². The Hall–Kier alpha value is -1.15. The van der Waals surface area contributed by atoms with Gasteiger partial charge in [0.15, 0.2) is 0 Å². The summed E-state index contributed by atoms with van der Waals surface area (Å²) in [7, 11) is -2.40. The molecule has 6 nitrogen and oxygen atoms in total. The molecule has 0 heterocycles. The zero-order valence-corrected chi connectivity index (χ0v) is 15.5. The van der Waals surface area contributed by atoms with Crippen LogP contribution in [0.25, 0.3) is 0 Å². The standard InChI is InChI=1S/C15H24N2O4S.ClH/c1-10(2)7-13(9-16)17-22(19,20)14-6-5-12(8-11(14)3)15(18)21-4;/h5-6,8,10,13,17H,7,9,16H2,1-4H3;1H. The highest BCUT2D eigenvalue weighted by Crippen LogP contribution is 2.18. The van der Waals surface area contributed by atoms with E-state index in [4.69, 9.17) is 5.73 Å². The van der Waals surface area contributed by atoms with Crippen molar-refractivity contribution in [3.05, 3.63) is 29.3 Å². The van der Waals surface area contributed by atoms with Gasteiger partial charge < -0.3 is 10.5 Å². The number of ether oxygens (including phenoxy) is 1. The summed E-state index contributed by atoms with van der Waals surface area (Å²) in [5.74, 6) is -0.168. The van der Waals surface area contributed by atoms with Gasteiger partial charge in [-0.2, -0.15) is 0 Å². The monoisotopic (exact) mass is 364 g/mol. The third kappa shape index (κ3) is 6.10. The Morgan fingerprint density at radius 3 is 2.39 bits per heavy atom. The van der Waals surface area contributed by atoms with Crippen molar-refractivity contribution in [2.45, 2.75) is 38.1 Å². The molecule has 1 unspecified atom stereocenters. The molecule has 1 atom stereocenters. The molecule has 0 bridgehead atoms. The minimum Gasteiger partial charge on any atom is -0.465 e. The average Bonchev–Trinajstić information content (AvgIpc) is 2.44. The van der Waals surface area contributed by atoms with E-state index in [-0.39, 0.29) is 29.9 Å². The number of rotatable bonds is 7. The Bertz CT molecular complexity index is 632. The molecular formula is C15H25ClN2O4S. The van der Waals surface area contributed by atoms with E-state index in [1.54, 1.807) is 6.92 Å². The number of nitrogens with one attached hydrogen (secondary N) is 1. The Morgan fingerprint density at radius 2 is 1.96 bits per heavy atom. The number of carbonyl (C=O) groups excluding carboxylic acids is 1. The van der Waals surface area contributed by atoms with Gasteiger partial charge in [-0.25, -0.2) is 17.9 Å². The average molecular weight is 365 g/mol. The van der Waals surface area contributed by atoms with Crippen LogP contribution in [0, 0.1) is 12.8 Å². The Balaban J connectivity index is 0.00000484. The molecule has 0 fully saturated rings. The van der Waals surface area contributed by atoms with Crippen molar-refractivity contribution in [2.75, 3.05) is 13.7 Å². The predicted octanol–water partition coefficient (Wildman–Crippen LogP) is 1.86. The number of halogens is 1. The lowest BCUT2D eigenvalue weighted by Gasteiger charge is -2.19. The number of sulfonamides is 1. The third-order valence-corrected chi connectivity index (χ3v) is 4.93. The summed E-state index contributed by atoms with van der Waals surface area (Å²) >= 11 is 0. The zero-order valence-electron chi connectivity index (χ0n) is 13.8. The SMILES string of the molecule is COC(=O)c1ccc(S(=O)(=O)NC(CN)CC(C)C)c(C)c1.Cl. The molecule has 1 rings (SSSR count). The fourth-order valence-electron chi connectivity index (χ4n) is 2.24. The molecule has 0 spiro atoms. The normalized spacial score (nSPS) is 12.6. The highest BCUT2D eigenvalue weighted by Gasteiger charge is 2.22. The van der Waals surface area contributed by atoms with Crippen LogP contribution in [-0.2, 0) is 14.8 Å². The van der Waals surface area contributed by atoms with E-state index in [2.05, 4.69) is 9.46 Å². The number of esters is 1. The van der Waals surface area contributed by atoms with Gasteiger partial charge in [0.25, 0.3) is 0 Å². The number of nitrogens with two attached hydrogens (primary N) is 1. The van der Waals surface area contributed by atoms with Crippen molar-refractivity contribution in [2.24, 2.45) is 11.7 Å². The van der Waals surface area contributed by atoms with E-state index >= 15 is 0 Å². The van der Waals surface area contributed by atoms with Gasteiger partial charge in [0.05, 0.1) is 17.6 Å². The van der Waals surface area contributed by atoms with E-state index in [1.807, 2.05) is 13.8 Å². The smallest absolute Gasteiger partial charge is 0.337 e. The molecule has 8 heteroatoms. The van der Waals surface area contributed by atoms with E-state index in [9.17, 15) is 13.2 Å². The molecule has 0 amide bonds. The van der Waals surface area contributed by atoms with E-state index in [0.29, 0.717) is 23.5 Å². The van der Waals surface area contributed by atoms with E-state index in [1.165, 1.54) is 25.3 Å². The number of hydrogen-bond donors (Lipinski definition) is 2. The lowest BCUT2D eigenvalue weighted by atomic mass is 10.1. The number of carbonyl (C=O) groups is 1. The van der Waals surface area contributed by atoms with Gasteiger partial charge in [-0.05, 0) is 43.0 Å². The van der Waals surface area contributed by atoms with Crippen LogP contribution >= 0.6 is 12.4 Å². The maximum Gasteiger partial charge on any atom is 0.337 e. The summed E-state index contributed by atoms with van der Waals surface area (Å²) in [5, 5.41) is 0. The van der Waals surface area contributed by atoms with Gasteiger partial charge >= 0.3 is 5.97 Å². The second-order valence-electron chi connectivity index (χ2n) is 5.66. The predicted molar refractivity (Wildman–Crippen MR) is 92.4 cm³/mol. The third-order valence-electron chi connectivity index (χ3n) is 3.25. The Labute approximate surface area is 144 Å². The molecule has 1 aromatic rings. The van der Waals surface area contributed by atoms with Crippen LogP contribution in [-0.4, -0.2) is 34.1 Å². The molecule has 0 saturated heterocycles. The zero-order chi connectivity index (χ0) is 16.9. The van der Waals surface area contributed by atoms with Crippen LogP contribution in [0.1, 0.15) is 36.2 Å². The van der Waals surface area contributed by atoms with Crippen molar-refractivity contribution < 1.29 is 17.9 Å². The first-order chi connectivity index (χ1) is 10.2. The Morgan fingerprint density at radius 1 is 1.35 bits per heavy atom. The van der Waals surface area contributed by atoms with Gasteiger partial charge in [0.1, 0.15) is 0 Å². The van der Waals surface area contributed by atoms with Crippen LogP contribution in [0.15, 0.2) is 23.1 Å². The number of aryl methyl sites for hydroxylation is 1. The fraction of sp³-hybridized carbons (Fsp3) is 0.533. The molecule has 132 valence electrons. The lowest BCUT2D eigenvalue weighted by molar-refractivity contribution is 0.0600. The highest BCUT2D eigenvalue weighted by molar-refractivity contribution is 7.89. The van der Waals surface area contributed by atoms with Crippen LogP contribution in [0.3, 0.4) is 0 Å². The van der Waals surface area contributed by atoms with Crippen molar-refractivity contribution >= 4 is 28.4 Å². The summed E-state index contributed by atoms with van der Waals surface area (Å²) in [6.07, 6.45) is 0.662. The minimum atomic E-state index is -3.68. The van der Waals surface area contributed by atoms with E-state index in [0.717, 1.165) is 0 Å². The van der Waals surface area contributed by atoms with Crippen LogP contribution in [0.2, 0.25) is 0 Å². The summed E-state index contributed by atoms with van der Waals surface area (Å²) < 4.78 is 32.2. The molecule has 0 aliphatic rings. The lowest BCUT2D eigenvalue weighted by Crippen LogP contribution is -2.41. The first kappa shape index (κ1) is 21.9. The second kappa shape index (κ2) is 9.22. The molecule has 23 heavy (non-hydrogen) atoms. The van der Waals surface area contributed by atoms with Crippen molar-refractivity contribution in [1.29, 1.82) is 0 Å². The number of methoxy groups -OCH3 is 1. The summed E-state index contributed by atoms with van der Waals surface area (Å²) in [6.45, 7) is 5.89.